The maximum absolute atomic E-state index is 5.76. The summed E-state index contributed by atoms with van der Waals surface area (Å²) in [5.41, 5.74) is 0.825. The van der Waals surface area contributed by atoms with Crippen LogP contribution < -0.4 is 14.8 Å². The number of methoxy groups -OCH3 is 2. The average Bonchev–Trinajstić information content (AvgIpc) is 2.55. The molecule has 2 heterocycles. The van der Waals surface area contributed by atoms with Crippen molar-refractivity contribution in [2.45, 2.75) is 19.6 Å². The Hall–Kier alpha value is -1.44. The molecule has 1 N–H and O–H groups in total. The van der Waals surface area contributed by atoms with Crippen LogP contribution in [0.25, 0.3) is 0 Å². The van der Waals surface area contributed by atoms with Gasteiger partial charge < -0.3 is 19.5 Å². The van der Waals surface area contributed by atoms with Crippen molar-refractivity contribution < 1.29 is 14.2 Å². The summed E-state index contributed by atoms with van der Waals surface area (Å²) in [5, 5.41) is 3.37. The highest BCUT2D eigenvalue weighted by molar-refractivity contribution is 5.34. The lowest BCUT2D eigenvalue weighted by molar-refractivity contribution is -0.0254. The third kappa shape index (κ3) is 4.26. The molecule has 1 atom stereocenters. The van der Waals surface area contributed by atoms with Gasteiger partial charge in [-0.1, -0.05) is 6.92 Å². The third-order valence-electron chi connectivity index (χ3n) is 3.60. The van der Waals surface area contributed by atoms with Gasteiger partial charge in [-0.25, -0.2) is 9.97 Å². The molecule has 1 aromatic rings. The molecule has 0 radical (unpaired) electrons. The highest BCUT2D eigenvalue weighted by atomic mass is 16.5. The van der Waals surface area contributed by atoms with Crippen molar-refractivity contribution in [1.82, 2.24) is 20.2 Å². The Morgan fingerprint density at radius 3 is 2.67 bits per heavy atom. The van der Waals surface area contributed by atoms with Crippen LogP contribution in [0.3, 0.4) is 0 Å². The Balaban J connectivity index is 1.88. The minimum atomic E-state index is 0.209. The second-order valence-corrected chi connectivity index (χ2v) is 4.89. The predicted molar refractivity (Wildman–Crippen MR) is 78.7 cm³/mol. The van der Waals surface area contributed by atoms with Crippen LogP contribution in [0.5, 0.6) is 11.8 Å². The molecule has 0 aliphatic carbocycles. The molecular weight excluding hydrogens is 272 g/mol. The van der Waals surface area contributed by atoms with Gasteiger partial charge in [0.25, 0.3) is 0 Å². The molecular formula is C14H24N4O3. The summed E-state index contributed by atoms with van der Waals surface area (Å²) in [7, 11) is 3.18. The van der Waals surface area contributed by atoms with E-state index in [1.54, 1.807) is 14.2 Å². The van der Waals surface area contributed by atoms with Crippen LogP contribution in [0.4, 0.5) is 0 Å². The van der Waals surface area contributed by atoms with Crippen LogP contribution in [0.1, 0.15) is 12.5 Å². The molecule has 0 saturated carbocycles. The predicted octanol–water partition coefficient (Wildman–Crippen LogP) is 0.304. The average molecular weight is 296 g/mol. The maximum Gasteiger partial charge on any atom is 0.224 e. The third-order valence-corrected chi connectivity index (χ3v) is 3.60. The van der Waals surface area contributed by atoms with Crippen LogP contribution in [0, 0.1) is 0 Å². The molecule has 0 bridgehead atoms. The van der Waals surface area contributed by atoms with Crippen LogP contribution in [0.2, 0.25) is 0 Å². The molecule has 0 aromatic carbocycles. The number of likely N-dealkylation sites (N-methyl/N-ethyl adjacent to an activating group) is 1. The first kappa shape index (κ1) is 15.9. The summed E-state index contributed by atoms with van der Waals surface area (Å²) >= 11 is 0. The van der Waals surface area contributed by atoms with Crippen LogP contribution >= 0.6 is 0 Å². The second kappa shape index (κ2) is 8.11. The van der Waals surface area contributed by atoms with Gasteiger partial charge in [0.05, 0.1) is 32.5 Å². The molecule has 2 rings (SSSR count). The number of aromatic nitrogens is 2. The van der Waals surface area contributed by atoms with E-state index in [9.17, 15) is 0 Å². The molecule has 118 valence electrons. The topological polar surface area (TPSA) is 68.7 Å². The molecule has 0 spiro atoms. The lowest BCUT2D eigenvalue weighted by Gasteiger charge is -2.32. The standard InChI is InChI=1S/C14H24N4O3/c1-4-18-5-6-21-11(9-18)7-15-8-12-13(19-2)16-10-17-14(12)20-3/h10-11,15H,4-9H2,1-3H3. The van der Waals surface area contributed by atoms with Gasteiger partial charge in [0.15, 0.2) is 0 Å². The number of ether oxygens (including phenoxy) is 3. The van der Waals surface area contributed by atoms with Crippen LogP contribution in [-0.2, 0) is 11.3 Å². The number of hydrogen-bond acceptors (Lipinski definition) is 7. The van der Waals surface area contributed by atoms with Crippen molar-refractivity contribution in [3.8, 4) is 11.8 Å². The van der Waals surface area contributed by atoms with Crippen LogP contribution in [0.15, 0.2) is 6.33 Å². The van der Waals surface area contributed by atoms with Crippen molar-refractivity contribution in [2.75, 3.05) is 47.0 Å². The van der Waals surface area contributed by atoms with Gasteiger partial charge in [-0.3, -0.25) is 4.90 Å². The smallest absolute Gasteiger partial charge is 0.224 e. The van der Waals surface area contributed by atoms with E-state index in [4.69, 9.17) is 14.2 Å². The molecule has 1 aliphatic heterocycles. The summed E-state index contributed by atoms with van der Waals surface area (Å²) in [6, 6.07) is 0. The molecule has 1 fully saturated rings. The summed E-state index contributed by atoms with van der Waals surface area (Å²) < 4.78 is 16.3. The number of morpholine rings is 1. The van der Waals surface area contributed by atoms with E-state index < -0.39 is 0 Å². The molecule has 7 nitrogen and oxygen atoms in total. The van der Waals surface area contributed by atoms with Gasteiger partial charge in [0, 0.05) is 26.2 Å². The van der Waals surface area contributed by atoms with E-state index in [0.717, 1.165) is 38.3 Å². The Morgan fingerprint density at radius 1 is 1.33 bits per heavy atom. The summed E-state index contributed by atoms with van der Waals surface area (Å²) in [4.78, 5) is 10.6. The van der Waals surface area contributed by atoms with Gasteiger partial charge in [-0.15, -0.1) is 0 Å². The monoisotopic (exact) mass is 296 g/mol. The Labute approximate surface area is 125 Å². The quantitative estimate of drug-likeness (QED) is 0.776. The fraction of sp³-hybridized carbons (Fsp3) is 0.714. The Bertz CT molecular complexity index is 422. The zero-order valence-electron chi connectivity index (χ0n) is 13.0. The van der Waals surface area contributed by atoms with E-state index >= 15 is 0 Å². The van der Waals surface area contributed by atoms with Crippen molar-refractivity contribution in [2.24, 2.45) is 0 Å². The largest absolute Gasteiger partial charge is 0.481 e. The normalized spacial score (nSPS) is 19.5. The van der Waals surface area contributed by atoms with Crippen molar-refractivity contribution in [3.63, 3.8) is 0 Å². The van der Waals surface area contributed by atoms with E-state index in [1.807, 2.05) is 0 Å². The lowest BCUT2D eigenvalue weighted by atomic mass is 10.2. The molecule has 21 heavy (non-hydrogen) atoms. The highest BCUT2D eigenvalue weighted by Crippen LogP contribution is 2.22. The summed E-state index contributed by atoms with van der Waals surface area (Å²) in [6.45, 7) is 7.36. The molecule has 1 aliphatic rings. The SMILES string of the molecule is CCN1CCOC(CNCc2c(OC)ncnc2OC)C1. The number of hydrogen-bond donors (Lipinski definition) is 1. The number of nitrogens with one attached hydrogen (secondary N) is 1. The second-order valence-electron chi connectivity index (χ2n) is 4.89. The lowest BCUT2D eigenvalue weighted by Crippen LogP contribution is -2.46. The number of rotatable bonds is 7. The first-order valence-corrected chi connectivity index (χ1v) is 7.25. The van der Waals surface area contributed by atoms with E-state index in [1.165, 1.54) is 6.33 Å². The molecule has 7 heteroatoms. The molecule has 1 saturated heterocycles. The van der Waals surface area contributed by atoms with Gasteiger partial charge in [-0.05, 0) is 6.54 Å². The Kier molecular flexibility index (Phi) is 6.16. The molecule has 0 amide bonds. The first-order chi connectivity index (χ1) is 10.3. The van der Waals surface area contributed by atoms with Gasteiger partial charge in [0.2, 0.25) is 11.8 Å². The van der Waals surface area contributed by atoms with E-state index in [-0.39, 0.29) is 6.10 Å². The minimum Gasteiger partial charge on any atom is -0.481 e. The van der Waals surface area contributed by atoms with Crippen molar-refractivity contribution in [1.29, 1.82) is 0 Å². The fourth-order valence-corrected chi connectivity index (χ4v) is 2.43. The van der Waals surface area contributed by atoms with Crippen molar-refractivity contribution >= 4 is 0 Å². The highest BCUT2D eigenvalue weighted by Gasteiger charge is 2.19. The van der Waals surface area contributed by atoms with Gasteiger partial charge in [0.1, 0.15) is 6.33 Å². The summed E-state index contributed by atoms with van der Waals surface area (Å²) in [5.74, 6) is 1.07. The maximum atomic E-state index is 5.76. The zero-order valence-corrected chi connectivity index (χ0v) is 13.0. The minimum absolute atomic E-state index is 0.209. The first-order valence-electron chi connectivity index (χ1n) is 7.25. The van der Waals surface area contributed by atoms with Crippen LogP contribution in [-0.4, -0.2) is 68.0 Å². The van der Waals surface area contributed by atoms with Gasteiger partial charge >= 0.3 is 0 Å². The zero-order chi connectivity index (χ0) is 15.1. The van der Waals surface area contributed by atoms with Gasteiger partial charge in [-0.2, -0.15) is 0 Å². The number of nitrogens with zero attached hydrogens (tertiary/aromatic N) is 3. The Morgan fingerprint density at radius 2 is 2.05 bits per heavy atom. The van der Waals surface area contributed by atoms with Crippen molar-refractivity contribution in [3.05, 3.63) is 11.9 Å². The molecule has 1 unspecified atom stereocenters. The summed E-state index contributed by atoms with van der Waals surface area (Å²) in [6.07, 6.45) is 1.64. The van der Waals surface area contributed by atoms with E-state index in [2.05, 4.69) is 27.1 Å². The fourth-order valence-electron chi connectivity index (χ4n) is 2.43. The molecule has 1 aromatic heterocycles. The van der Waals surface area contributed by atoms with E-state index in [0.29, 0.717) is 18.3 Å².